The fraction of sp³-hybridized carbons (Fsp3) is 0.400. The second-order valence-corrected chi connectivity index (χ2v) is 7.34. The highest BCUT2D eigenvalue weighted by atomic mass is 32.2. The Morgan fingerprint density at radius 1 is 0.621 bits per heavy atom. The van der Waals surface area contributed by atoms with Crippen molar-refractivity contribution in [1.29, 1.82) is 0 Å². The maximum atomic E-state index is 12.1. The number of carbonyl (C=O) groups excluding carboxylic acids is 4. The van der Waals surface area contributed by atoms with Crippen LogP contribution in [-0.4, -0.2) is 52.3 Å². The van der Waals surface area contributed by atoms with Crippen molar-refractivity contribution in [2.75, 3.05) is 28.4 Å². The molecular weight excluding hydrogens is 400 g/mol. The minimum Gasteiger partial charge on any atom is -0.466 e. The van der Waals surface area contributed by atoms with Gasteiger partial charge in [0.15, 0.2) is 0 Å². The Balaban J connectivity index is 2.19. The Bertz CT molecular complexity index is 790. The second kappa shape index (κ2) is 10.1. The van der Waals surface area contributed by atoms with Crippen molar-refractivity contribution in [2.24, 2.45) is 0 Å². The summed E-state index contributed by atoms with van der Waals surface area (Å²) < 4.78 is 19.1. The number of ether oxygens (including phenoxy) is 4. The first-order valence-corrected chi connectivity index (χ1v) is 9.51. The van der Waals surface area contributed by atoms with Crippen LogP contribution in [0.5, 0.6) is 0 Å². The summed E-state index contributed by atoms with van der Waals surface area (Å²) in [7, 11) is 5.01. The van der Waals surface area contributed by atoms with E-state index in [-0.39, 0.29) is 48.0 Å². The van der Waals surface area contributed by atoms with Gasteiger partial charge in [-0.25, -0.2) is 19.2 Å². The van der Waals surface area contributed by atoms with Crippen molar-refractivity contribution in [2.45, 2.75) is 25.7 Å². The first-order chi connectivity index (χ1) is 13.9. The van der Waals surface area contributed by atoms with Crippen LogP contribution in [0.25, 0.3) is 0 Å². The van der Waals surface area contributed by atoms with E-state index in [2.05, 4.69) is 0 Å². The van der Waals surface area contributed by atoms with E-state index >= 15 is 0 Å². The highest BCUT2D eigenvalue weighted by molar-refractivity contribution is 8.06. The van der Waals surface area contributed by atoms with Gasteiger partial charge in [0.2, 0.25) is 0 Å². The van der Waals surface area contributed by atoms with Gasteiger partial charge < -0.3 is 18.9 Å². The Kier molecular flexibility index (Phi) is 7.83. The summed E-state index contributed by atoms with van der Waals surface area (Å²) in [6.45, 7) is 0. The summed E-state index contributed by atoms with van der Waals surface area (Å²) in [5.41, 5.74) is 1.04. The molecule has 0 saturated carbocycles. The minimum absolute atomic E-state index is 0.209. The highest BCUT2D eigenvalue weighted by Gasteiger charge is 2.29. The first-order valence-electron chi connectivity index (χ1n) is 8.69. The van der Waals surface area contributed by atoms with Crippen LogP contribution in [0, 0.1) is 0 Å². The molecule has 0 amide bonds. The largest absolute Gasteiger partial charge is 0.466 e. The van der Waals surface area contributed by atoms with Gasteiger partial charge in [-0.1, -0.05) is 23.9 Å². The molecule has 0 spiro atoms. The SMILES string of the molecule is COC(=O)C1=C(C(=O)OC)CC(SC2=CCC(C(=O)OC)=C(C(=O)OC)C2)=CC1. The molecule has 0 N–H and O–H groups in total. The topological polar surface area (TPSA) is 105 Å². The molecule has 9 heteroatoms. The van der Waals surface area contributed by atoms with E-state index < -0.39 is 23.9 Å². The molecule has 2 rings (SSSR count). The van der Waals surface area contributed by atoms with Gasteiger partial charge in [-0.2, -0.15) is 0 Å². The number of allylic oxidation sites excluding steroid dienone is 4. The zero-order valence-electron chi connectivity index (χ0n) is 16.7. The van der Waals surface area contributed by atoms with Gasteiger partial charge in [-0.05, 0) is 22.7 Å². The molecule has 0 atom stereocenters. The molecule has 0 saturated heterocycles. The maximum absolute atomic E-state index is 12.1. The molecule has 8 nitrogen and oxygen atoms in total. The minimum atomic E-state index is -0.586. The van der Waals surface area contributed by atoms with E-state index in [1.807, 2.05) is 12.2 Å². The van der Waals surface area contributed by atoms with Crippen molar-refractivity contribution in [1.82, 2.24) is 0 Å². The Hall–Kier alpha value is -2.81. The van der Waals surface area contributed by atoms with Crippen LogP contribution in [0.15, 0.2) is 44.3 Å². The molecule has 0 aromatic heterocycles. The lowest BCUT2D eigenvalue weighted by molar-refractivity contribution is -0.139. The van der Waals surface area contributed by atoms with Gasteiger partial charge in [0.25, 0.3) is 0 Å². The van der Waals surface area contributed by atoms with Crippen LogP contribution in [0.3, 0.4) is 0 Å². The number of carbonyl (C=O) groups is 4. The van der Waals surface area contributed by atoms with E-state index in [0.717, 1.165) is 9.81 Å². The molecule has 0 aromatic carbocycles. The Morgan fingerprint density at radius 2 is 0.931 bits per heavy atom. The zero-order chi connectivity index (χ0) is 21.6. The lowest BCUT2D eigenvalue weighted by Gasteiger charge is -2.21. The standard InChI is InChI=1S/C20H22O8S/c1-25-17(21)13-7-5-11(9-15(13)19(23)27-3)29-12-6-8-14(18(22)26-2)16(10-12)20(24)28-4/h5-6H,7-10H2,1-4H3. The van der Waals surface area contributed by atoms with Crippen LogP contribution in [-0.2, 0) is 38.1 Å². The summed E-state index contributed by atoms with van der Waals surface area (Å²) in [6, 6.07) is 0. The lowest BCUT2D eigenvalue weighted by Crippen LogP contribution is -2.18. The smallest absolute Gasteiger partial charge is 0.334 e. The predicted octanol–water partition coefficient (Wildman–Crippen LogP) is 2.36. The highest BCUT2D eigenvalue weighted by Crippen LogP contribution is 2.41. The van der Waals surface area contributed by atoms with Crippen molar-refractivity contribution < 1.29 is 38.1 Å². The fourth-order valence-electron chi connectivity index (χ4n) is 3.00. The van der Waals surface area contributed by atoms with Gasteiger partial charge >= 0.3 is 23.9 Å². The summed E-state index contributed by atoms with van der Waals surface area (Å²) in [6.07, 6.45) is 4.56. The molecule has 2 aliphatic carbocycles. The average molecular weight is 422 g/mol. The molecular formula is C20H22O8S. The van der Waals surface area contributed by atoms with Gasteiger partial charge in [0, 0.05) is 12.8 Å². The van der Waals surface area contributed by atoms with Crippen LogP contribution in [0.4, 0.5) is 0 Å². The van der Waals surface area contributed by atoms with E-state index in [1.165, 1.54) is 40.2 Å². The number of esters is 4. The molecule has 0 aliphatic heterocycles. The Labute approximate surface area is 172 Å². The molecule has 0 fully saturated rings. The average Bonchev–Trinajstić information content (AvgIpc) is 2.76. The van der Waals surface area contributed by atoms with Gasteiger partial charge in [0.1, 0.15) is 0 Å². The third-order valence-corrected chi connectivity index (χ3v) is 5.63. The quantitative estimate of drug-likeness (QED) is 0.471. The van der Waals surface area contributed by atoms with Gasteiger partial charge in [-0.3, -0.25) is 0 Å². The molecule has 0 radical (unpaired) electrons. The number of hydrogen-bond donors (Lipinski definition) is 0. The molecule has 0 heterocycles. The molecule has 29 heavy (non-hydrogen) atoms. The molecule has 0 unspecified atom stereocenters. The van der Waals surface area contributed by atoms with Crippen molar-refractivity contribution in [3.05, 3.63) is 44.3 Å². The number of thioether (sulfide) groups is 1. The van der Waals surface area contributed by atoms with E-state index in [0.29, 0.717) is 0 Å². The summed E-state index contributed by atoms with van der Waals surface area (Å²) in [4.78, 5) is 49.7. The normalized spacial score (nSPS) is 16.6. The number of hydrogen-bond acceptors (Lipinski definition) is 9. The third kappa shape index (κ3) is 5.17. The lowest BCUT2D eigenvalue weighted by atomic mass is 9.96. The van der Waals surface area contributed by atoms with Crippen molar-refractivity contribution >= 4 is 35.6 Å². The van der Waals surface area contributed by atoms with Crippen LogP contribution >= 0.6 is 11.8 Å². The molecule has 156 valence electrons. The second-order valence-electron chi connectivity index (χ2n) is 6.09. The van der Waals surface area contributed by atoms with Crippen molar-refractivity contribution in [3.63, 3.8) is 0 Å². The molecule has 2 aliphatic rings. The first kappa shape index (κ1) is 22.5. The number of rotatable bonds is 6. The van der Waals surface area contributed by atoms with Crippen LogP contribution in [0.2, 0.25) is 0 Å². The maximum Gasteiger partial charge on any atom is 0.334 e. The Morgan fingerprint density at radius 3 is 1.24 bits per heavy atom. The molecule has 0 bridgehead atoms. The van der Waals surface area contributed by atoms with Crippen molar-refractivity contribution in [3.8, 4) is 0 Å². The summed E-state index contributed by atoms with van der Waals surface area (Å²) >= 11 is 1.38. The van der Waals surface area contributed by atoms with Gasteiger partial charge in [0.05, 0.1) is 50.7 Å². The van der Waals surface area contributed by atoms with Crippen LogP contribution in [0.1, 0.15) is 25.7 Å². The van der Waals surface area contributed by atoms with Crippen LogP contribution < -0.4 is 0 Å². The predicted molar refractivity (Wildman–Crippen MR) is 104 cm³/mol. The van der Waals surface area contributed by atoms with Gasteiger partial charge in [-0.15, -0.1) is 0 Å². The third-order valence-electron chi connectivity index (χ3n) is 4.49. The van der Waals surface area contributed by atoms with E-state index in [9.17, 15) is 19.2 Å². The van der Waals surface area contributed by atoms with E-state index in [1.54, 1.807) is 0 Å². The fourth-order valence-corrected chi connectivity index (χ4v) is 4.11. The number of methoxy groups -OCH3 is 4. The zero-order valence-corrected chi connectivity index (χ0v) is 17.5. The molecule has 0 aromatic rings. The van der Waals surface area contributed by atoms with E-state index in [4.69, 9.17) is 18.9 Å². The summed E-state index contributed by atoms with van der Waals surface area (Å²) in [5.74, 6) is -2.31. The monoisotopic (exact) mass is 422 g/mol. The summed E-state index contributed by atoms with van der Waals surface area (Å²) in [5, 5.41) is 0.